The van der Waals surface area contributed by atoms with E-state index in [0.29, 0.717) is 5.92 Å². The van der Waals surface area contributed by atoms with Crippen LogP contribution in [0.3, 0.4) is 0 Å². The van der Waals surface area contributed by atoms with Gasteiger partial charge < -0.3 is 5.73 Å². The van der Waals surface area contributed by atoms with Gasteiger partial charge in [0, 0.05) is 4.90 Å². The zero-order valence-electron chi connectivity index (χ0n) is 12.5. The third-order valence-corrected chi connectivity index (χ3v) is 4.17. The zero-order chi connectivity index (χ0) is 14.5. The topological polar surface area (TPSA) is 26.0 Å². The number of hydrogen-bond donors (Lipinski definition) is 1. The maximum Gasteiger partial charge on any atom is 0.0551 e. The molecule has 106 valence electrons. The Morgan fingerprint density at radius 1 is 1.00 bits per heavy atom. The van der Waals surface area contributed by atoms with E-state index in [1.54, 1.807) is 11.8 Å². The number of benzene rings is 2. The van der Waals surface area contributed by atoms with Crippen LogP contribution in [0.5, 0.6) is 0 Å². The summed E-state index contributed by atoms with van der Waals surface area (Å²) in [6.07, 6.45) is 3.19. The van der Waals surface area contributed by atoms with Crippen LogP contribution in [0.15, 0.2) is 53.4 Å². The van der Waals surface area contributed by atoms with Crippen LogP contribution in [0.4, 0.5) is 0 Å². The molecule has 0 fully saturated rings. The SMILES string of the molecule is CSc1ccc(C(N)c2cccc(CC(C)C)c2)cc1. The molecular weight excluding hydrogens is 262 g/mol. The molecule has 2 aromatic rings. The Bertz CT molecular complexity index is 546. The van der Waals surface area contributed by atoms with Crippen molar-refractivity contribution < 1.29 is 0 Å². The lowest BCUT2D eigenvalue weighted by Crippen LogP contribution is -2.12. The van der Waals surface area contributed by atoms with Crippen LogP contribution in [-0.2, 0) is 6.42 Å². The number of rotatable bonds is 5. The quantitative estimate of drug-likeness (QED) is 0.809. The molecule has 1 unspecified atom stereocenters. The Morgan fingerprint density at radius 3 is 2.30 bits per heavy atom. The van der Waals surface area contributed by atoms with Gasteiger partial charge in [0.2, 0.25) is 0 Å². The predicted octanol–water partition coefficient (Wildman–Crippen LogP) is 4.66. The molecule has 0 aliphatic rings. The summed E-state index contributed by atoms with van der Waals surface area (Å²) in [5, 5.41) is 0. The van der Waals surface area contributed by atoms with Gasteiger partial charge in [-0.15, -0.1) is 11.8 Å². The number of hydrogen-bond acceptors (Lipinski definition) is 2. The Hall–Kier alpha value is -1.25. The van der Waals surface area contributed by atoms with Gasteiger partial charge in [0.15, 0.2) is 0 Å². The molecule has 20 heavy (non-hydrogen) atoms. The highest BCUT2D eigenvalue weighted by Gasteiger charge is 2.09. The van der Waals surface area contributed by atoms with Gasteiger partial charge in [-0.2, -0.15) is 0 Å². The van der Waals surface area contributed by atoms with E-state index >= 15 is 0 Å². The third-order valence-electron chi connectivity index (χ3n) is 3.43. The molecule has 0 saturated heterocycles. The fraction of sp³-hybridized carbons (Fsp3) is 0.333. The summed E-state index contributed by atoms with van der Waals surface area (Å²) in [5.74, 6) is 0.669. The lowest BCUT2D eigenvalue weighted by Gasteiger charge is -2.15. The second-order valence-corrected chi connectivity index (χ2v) is 6.47. The van der Waals surface area contributed by atoms with E-state index in [0.717, 1.165) is 6.42 Å². The van der Waals surface area contributed by atoms with Crippen molar-refractivity contribution >= 4 is 11.8 Å². The summed E-state index contributed by atoms with van der Waals surface area (Å²) in [6, 6.07) is 17.2. The van der Waals surface area contributed by atoms with E-state index in [-0.39, 0.29) is 6.04 Å². The fourth-order valence-electron chi connectivity index (χ4n) is 2.39. The summed E-state index contributed by atoms with van der Waals surface area (Å²) in [7, 11) is 0. The Morgan fingerprint density at radius 2 is 1.70 bits per heavy atom. The molecule has 2 rings (SSSR count). The second kappa shape index (κ2) is 6.96. The molecule has 0 heterocycles. The van der Waals surface area contributed by atoms with Crippen LogP contribution in [0, 0.1) is 5.92 Å². The first-order chi connectivity index (χ1) is 9.60. The van der Waals surface area contributed by atoms with Crippen LogP contribution < -0.4 is 5.73 Å². The molecule has 0 amide bonds. The molecular formula is C18H23NS. The smallest absolute Gasteiger partial charge is 0.0551 e. The highest BCUT2D eigenvalue weighted by atomic mass is 32.2. The first-order valence-corrected chi connectivity index (χ1v) is 8.31. The molecule has 2 N–H and O–H groups in total. The molecule has 0 aliphatic heterocycles. The Labute approximate surface area is 126 Å². The van der Waals surface area contributed by atoms with Gasteiger partial charge in [-0.25, -0.2) is 0 Å². The van der Waals surface area contributed by atoms with Crippen molar-refractivity contribution in [3.63, 3.8) is 0 Å². The van der Waals surface area contributed by atoms with Gasteiger partial charge in [-0.3, -0.25) is 0 Å². The van der Waals surface area contributed by atoms with E-state index in [4.69, 9.17) is 5.73 Å². The molecule has 0 aromatic heterocycles. The Kier molecular flexibility index (Phi) is 5.27. The molecule has 0 spiro atoms. The van der Waals surface area contributed by atoms with Crippen molar-refractivity contribution in [2.45, 2.75) is 31.2 Å². The average molecular weight is 285 g/mol. The summed E-state index contributed by atoms with van der Waals surface area (Å²) in [4.78, 5) is 1.27. The molecule has 2 heteroatoms. The summed E-state index contributed by atoms with van der Waals surface area (Å²) < 4.78 is 0. The normalized spacial score (nSPS) is 12.7. The largest absolute Gasteiger partial charge is 0.320 e. The minimum Gasteiger partial charge on any atom is -0.320 e. The molecule has 0 saturated carbocycles. The summed E-state index contributed by atoms with van der Waals surface area (Å²) in [5.41, 5.74) is 10.1. The van der Waals surface area contributed by atoms with Gasteiger partial charge in [0.25, 0.3) is 0 Å². The third kappa shape index (κ3) is 3.87. The molecule has 1 atom stereocenters. The fourth-order valence-corrected chi connectivity index (χ4v) is 2.80. The summed E-state index contributed by atoms with van der Waals surface area (Å²) in [6.45, 7) is 4.49. The number of thioether (sulfide) groups is 1. The molecule has 0 aliphatic carbocycles. The van der Waals surface area contributed by atoms with Gasteiger partial charge in [-0.05, 0) is 47.4 Å². The van der Waals surface area contributed by atoms with Crippen LogP contribution in [0.2, 0.25) is 0 Å². The minimum absolute atomic E-state index is 0.0435. The van der Waals surface area contributed by atoms with Crippen LogP contribution in [0.1, 0.15) is 36.6 Å². The lowest BCUT2D eigenvalue weighted by atomic mass is 9.95. The van der Waals surface area contributed by atoms with E-state index in [1.165, 1.54) is 21.6 Å². The van der Waals surface area contributed by atoms with Crippen LogP contribution in [-0.4, -0.2) is 6.26 Å². The van der Waals surface area contributed by atoms with Gasteiger partial charge in [0.05, 0.1) is 6.04 Å². The van der Waals surface area contributed by atoms with E-state index < -0.39 is 0 Å². The first-order valence-electron chi connectivity index (χ1n) is 7.08. The zero-order valence-corrected chi connectivity index (χ0v) is 13.3. The number of nitrogens with two attached hydrogens (primary N) is 1. The molecule has 0 radical (unpaired) electrons. The van der Waals surface area contributed by atoms with E-state index in [1.807, 2.05) is 0 Å². The molecule has 1 nitrogen and oxygen atoms in total. The summed E-state index contributed by atoms with van der Waals surface area (Å²) >= 11 is 1.75. The average Bonchev–Trinajstić information content (AvgIpc) is 2.46. The van der Waals surface area contributed by atoms with Crippen molar-refractivity contribution in [2.75, 3.05) is 6.26 Å². The molecule has 2 aromatic carbocycles. The highest BCUT2D eigenvalue weighted by molar-refractivity contribution is 7.98. The second-order valence-electron chi connectivity index (χ2n) is 5.59. The minimum atomic E-state index is -0.0435. The maximum absolute atomic E-state index is 6.40. The first kappa shape index (κ1) is 15.1. The van der Waals surface area contributed by atoms with Crippen molar-refractivity contribution in [2.24, 2.45) is 11.7 Å². The van der Waals surface area contributed by atoms with Crippen molar-refractivity contribution in [1.29, 1.82) is 0 Å². The predicted molar refractivity (Wildman–Crippen MR) is 89.2 cm³/mol. The van der Waals surface area contributed by atoms with E-state index in [2.05, 4.69) is 68.6 Å². The maximum atomic E-state index is 6.40. The lowest BCUT2D eigenvalue weighted by molar-refractivity contribution is 0.646. The van der Waals surface area contributed by atoms with Crippen LogP contribution >= 0.6 is 11.8 Å². The standard InChI is InChI=1S/C18H23NS/c1-13(2)11-14-5-4-6-16(12-14)18(19)15-7-9-17(20-3)10-8-15/h4-10,12-13,18H,11,19H2,1-3H3. The van der Waals surface area contributed by atoms with E-state index in [9.17, 15) is 0 Å². The van der Waals surface area contributed by atoms with Gasteiger partial charge in [0.1, 0.15) is 0 Å². The van der Waals surface area contributed by atoms with Gasteiger partial charge in [-0.1, -0.05) is 50.2 Å². The highest BCUT2D eigenvalue weighted by Crippen LogP contribution is 2.23. The molecule has 0 bridgehead atoms. The van der Waals surface area contributed by atoms with Crippen molar-refractivity contribution in [3.05, 3.63) is 65.2 Å². The van der Waals surface area contributed by atoms with Gasteiger partial charge >= 0.3 is 0 Å². The van der Waals surface area contributed by atoms with Crippen molar-refractivity contribution in [1.82, 2.24) is 0 Å². The van der Waals surface area contributed by atoms with Crippen molar-refractivity contribution in [3.8, 4) is 0 Å². The monoisotopic (exact) mass is 285 g/mol. The Balaban J connectivity index is 2.20. The van der Waals surface area contributed by atoms with Crippen LogP contribution in [0.25, 0.3) is 0 Å².